The molecule has 2 unspecified atom stereocenters. The zero-order chi connectivity index (χ0) is 20.5. The molecule has 2 atom stereocenters. The van der Waals surface area contributed by atoms with Crippen molar-refractivity contribution in [2.75, 3.05) is 23.4 Å². The molecule has 2 aromatic carbocycles. The zero-order valence-electron chi connectivity index (χ0n) is 16.3. The molecule has 2 heterocycles. The zero-order valence-corrected chi connectivity index (χ0v) is 16.3. The highest BCUT2D eigenvalue weighted by atomic mass is 16.5. The molecule has 7 heteroatoms. The summed E-state index contributed by atoms with van der Waals surface area (Å²) in [5, 5.41) is 14.1. The van der Waals surface area contributed by atoms with Crippen molar-refractivity contribution in [1.29, 1.82) is 0 Å². The molecule has 1 aromatic heterocycles. The van der Waals surface area contributed by atoms with Gasteiger partial charge in [-0.3, -0.25) is 9.59 Å². The predicted molar refractivity (Wildman–Crippen MR) is 111 cm³/mol. The van der Waals surface area contributed by atoms with Gasteiger partial charge < -0.3 is 25.0 Å². The van der Waals surface area contributed by atoms with Crippen LogP contribution in [0.3, 0.4) is 0 Å². The molecule has 4 rings (SSSR count). The van der Waals surface area contributed by atoms with E-state index in [0.717, 1.165) is 27.8 Å². The van der Waals surface area contributed by atoms with E-state index in [9.17, 15) is 14.7 Å². The van der Waals surface area contributed by atoms with Crippen LogP contribution in [0.1, 0.15) is 11.3 Å². The number of carbonyl (C=O) groups is 2. The topological polar surface area (TPSA) is 94.7 Å². The third kappa shape index (κ3) is 3.87. The van der Waals surface area contributed by atoms with Crippen molar-refractivity contribution >= 4 is 34.1 Å². The number of hydrogen-bond donors (Lipinski definition) is 3. The third-order valence-corrected chi connectivity index (χ3v) is 5.05. The fourth-order valence-corrected chi connectivity index (χ4v) is 3.52. The van der Waals surface area contributed by atoms with E-state index in [1.165, 1.54) is 0 Å². The number of rotatable bonds is 4. The van der Waals surface area contributed by atoms with Gasteiger partial charge in [0.1, 0.15) is 0 Å². The Labute approximate surface area is 168 Å². The predicted octanol–water partition coefficient (Wildman–Crippen LogP) is 2.52. The van der Waals surface area contributed by atoms with Crippen LogP contribution in [-0.2, 0) is 14.3 Å². The number of fused-ring (bicyclic) bond motifs is 1. The van der Waals surface area contributed by atoms with Gasteiger partial charge in [0.15, 0.2) is 12.2 Å². The number of morpholine rings is 1. The maximum Gasteiger partial charge on any atom is 0.259 e. The Balaban J connectivity index is 1.48. The number of amides is 2. The Hall–Kier alpha value is -3.16. The summed E-state index contributed by atoms with van der Waals surface area (Å²) in [6.45, 7) is 4.53. The molecule has 0 saturated carbocycles. The second-order valence-corrected chi connectivity index (χ2v) is 7.31. The standard InChI is InChI=1S/C22H23N3O4/c1-13-3-6-17(7-4-13)25-9-10-29-20(22(25)28)19(26)21(27)24-16-5-8-18-15(12-16)11-14(2)23-18/h3-8,11-12,19-20,23,26H,9-10H2,1-2H3,(H,24,27). The fourth-order valence-electron chi connectivity index (χ4n) is 3.52. The summed E-state index contributed by atoms with van der Waals surface area (Å²) in [6.07, 6.45) is -2.86. The Bertz CT molecular complexity index is 1060. The Morgan fingerprint density at radius 1 is 1.21 bits per heavy atom. The number of aryl methyl sites for hydroxylation is 2. The van der Waals surface area contributed by atoms with E-state index in [0.29, 0.717) is 12.2 Å². The minimum absolute atomic E-state index is 0.239. The summed E-state index contributed by atoms with van der Waals surface area (Å²) < 4.78 is 5.45. The van der Waals surface area contributed by atoms with Crippen LogP contribution in [0, 0.1) is 13.8 Å². The molecular weight excluding hydrogens is 370 g/mol. The van der Waals surface area contributed by atoms with Crippen LogP contribution in [-0.4, -0.2) is 47.3 Å². The first-order valence-electron chi connectivity index (χ1n) is 9.50. The Kier molecular flexibility index (Phi) is 5.08. The van der Waals surface area contributed by atoms with Crippen LogP contribution in [0.5, 0.6) is 0 Å². The smallest absolute Gasteiger partial charge is 0.259 e. The van der Waals surface area contributed by atoms with Crippen molar-refractivity contribution in [1.82, 2.24) is 4.98 Å². The van der Waals surface area contributed by atoms with Gasteiger partial charge in [0, 0.05) is 34.5 Å². The summed E-state index contributed by atoms with van der Waals surface area (Å²) in [4.78, 5) is 30.2. The van der Waals surface area contributed by atoms with Crippen LogP contribution in [0.25, 0.3) is 10.9 Å². The number of aliphatic hydroxyl groups excluding tert-OH is 1. The number of benzene rings is 2. The molecule has 150 valence electrons. The number of hydrogen-bond acceptors (Lipinski definition) is 4. The minimum Gasteiger partial charge on any atom is -0.380 e. The van der Waals surface area contributed by atoms with Crippen LogP contribution < -0.4 is 10.2 Å². The van der Waals surface area contributed by atoms with Gasteiger partial charge >= 0.3 is 0 Å². The SMILES string of the molecule is Cc1ccc(N2CCOC(C(O)C(=O)Nc3ccc4[nH]c(C)cc4c3)C2=O)cc1. The number of ether oxygens (including phenoxy) is 1. The van der Waals surface area contributed by atoms with Gasteiger partial charge in [-0.25, -0.2) is 0 Å². The summed E-state index contributed by atoms with van der Waals surface area (Å²) in [5.74, 6) is -1.11. The van der Waals surface area contributed by atoms with E-state index in [1.807, 2.05) is 56.3 Å². The summed E-state index contributed by atoms with van der Waals surface area (Å²) in [6, 6.07) is 14.9. The highest BCUT2D eigenvalue weighted by Crippen LogP contribution is 2.23. The maximum atomic E-state index is 12.8. The van der Waals surface area contributed by atoms with Crippen LogP contribution in [0.2, 0.25) is 0 Å². The number of anilines is 2. The monoisotopic (exact) mass is 393 g/mol. The summed E-state index contributed by atoms with van der Waals surface area (Å²) in [7, 11) is 0. The van der Waals surface area contributed by atoms with E-state index in [2.05, 4.69) is 10.3 Å². The average molecular weight is 393 g/mol. The van der Waals surface area contributed by atoms with Gasteiger partial charge in [0.25, 0.3) is 11.8 Å². The van der Waals surface area contributed by atoms with Gasteiger partial charge in [-0.1, -0.05) is 17.7 Å². The molecule has 1 fully saturated rings. The van der Waals surface area contributed by atoms with Crippen molar-refractivity contribution in [3.8, 4) is 0 Å². The van der Waals surface area contributed by atoms with Gasteiger partial charge in [0.2, 0.25) is 0 Å². The number of H-pyrrole nitrogens is 1. The highest BCUT2D eigenvalue weighted by molar-refractivity contribution is 6.04. The fraction of sp³-hybridized carbons (Fsp3) is 0.273. The van der Waals surface area contributed by atoms with E-state index >= 15 is 0 Å². The van der Waals surface area contributed by atoms with Crippen LogP contribution in [0.4, 0.5) is 11.4 Å². The molecule has 0 aliphatic carbocycles. The summed E-state index contributed by atoms with van der Waals surface area (Å²) >= 11 is 0. The van der Waals surface area contributed by atoms with Crippen molar-refractivity contribution in [2.24, 2.45) is 0 Å². The lowest BCUT2D eigenvalue weighted by Crippen LogP contribution is -2.55. The maximum absolute atomic E-state index is 12.8. The molecule has 1 aliphatic heterocycles. The average Bonchev–Trinajstić information content (AvgIpc) is 3.07. The molecule has 3 aromatic rings. The highest BCUT2D eigenvalue weighted by Gasteiger charge is 2.39. The Morgan fingerprint density at radius 2 is 1.97 bits per heavy atom. The molecule has 7 nitrogen and oxygen atoms in total. The molecule has 0 bridgehead atoms. The molecular formula is C22H23N3O4. The number of aromatic nitrogens is 1. The number of aromatic amines is 1. The first kappa shape index (κ1) is 19.2. The largest absolute Gasteiger partial charge is 0.380 e. The molecule has 1 aliphatic rings. The molecule has 29 heavy (non-hydrogen) atoms. The van der Waals surface area contributed by atoms with Crippen molar-refractivity contribution < 1.29 is 19.4 Å². The number of nitrogens with one attached hydrogen (secondary N) is 2. The van der Waals surface area contributed by atoms with Crippen molar-refractivity contribution in [3.63, 3.8) is 0 Å². The van der Waals surface area contributed by atoms with Crippen LogP contribution in [0.15, 0.2) is 48.5 Å². The molecule has 1 saturated heterocycles. The third-order valence-electron chi connectivity index (χ3n) is 5.05. The minimum atomic E-state index is -1.61. The van der Waals surface area contributed by atoms with Gasteiger partial charge in [0.05, 0.1) is 6.61 Å². The van der Waals surface area contributed by atoms with Crippen molar-refractivity contribution in [3.05, 3.63) is 59.8 Å². The van der Waals surface area contributed by atoms with E-state index in [4.69, 9.17) is 4.74 Å². The lowest BCUT2D eigenvalue weighted by molar-refractivity contribution is -0.150. The second-order valence-electron chi connectivity index (χ2n) is 7.31. The van der Waals surface area contributed by atoms with E-state index < -0.39 is 24.0 Å². The lowest BCUT2D eigenvalue weighted by Gasteiger charge is -2.34. The molecule has 3 N–H and O–H groups in total. The number of aliphatic hydroxyl groups is 1. The molecule has 2 amide bonds. The normalized spacial score (nSPS) is 18.1. The Morgan fingerprint density at radius 3 is 2.72 bits per heavy atom. The number of carbonyl (C=O) groups excluding carboxylic acids is 2. The van der Waals surface area contributed by atoms with Gasteiger partial charge in [-0.05, 0) is 50.2 Å². The van der Waals surface area contributed by atoms with Crippen LogP contribution >= 0.6 is 0 Å². The van der Waals surface area contributed by atoms with Gasteiger partial charge in [-0.2, -0.15) is 0 Å². The first-order valence-corrected chi connectivity index (χ1v) is 9.50. The lowest BCUT2D eigenvalue weighted by atomic mass is 10.1. The number of nitrogens with zero attached hydrogens (tertiary/aromatic N) is 1. The molecule has 0 spiro atoms. The van der Waals surface area contributed by atoms with E-state index in [-0.39, 0.29) is 6.61 Å². The first-order chi connectivity index (χ1) is 13.9. The summed E-state index contributed by atoms with van der Waals surface area (Å²) in [5.41, 5.74) is 4.32. The van der Waals surface area contributed by atoms with Gasteiger partial charge in [-0.15, -0.1) is 0 Å². The second kappa shape index (κ2) is 7.69. The quantitative estimate of drug-likeness (QED) is 0.635. The van der Waals surface area contributed by atoms with E-state index in [1.54, 1.807) is 11.0 Å². The van der Waals surface area contributed by atoms with Crippen molar-refractivity contribution in [2.45, 2.75) is 26.1 Å². The molecule has 0 radical (unpaired) electrons.